The first-order chi connectivity index (χ1) is 3.77. The molecule has 0 rings (SSSR count). The van der Waals surface area contributed by atoms with E-state index < -0.39 is 0 Å². The average Bonchev–Trinajstić information content (AvgIpc) is 1.66. The molecule has 0 aliphatic carbocycles. The Morgan fingerprint density at radius 2 is 2.25 bits per heavy atom. The fourth-order valence-corrected chi connectivity index (χ4v) is 0.479. The Bertz CT molecular complexity index is 98.8. The minimum absolute atomic E-state index is 0.548. The standard InChI is InChI=1S/C6H10IN/c1-6(2)8-5-3-4-7/h6,8H,5H2,1-2H3. The summed E-state index contributed by atoms with van der Waals surface area (Å²) in [6, 6.07) is 0.548. The highest BCUT2D eigenvalue weighted by Gasteiger charge is 1.84. The van der Waals surface area contributed by atoms with Crippen molar-refractivity contribution in [2.45, 2.75) is 19.9 Å². The van der Waals surface area contributed by atoms with Gasteiger partial charge in [-0.2, -0.15) is 0 Å². The van der Waals surface area contributed by atoms with Gasteiger partial charge in [-0.05, 0) is 17.8 Å². The van der Waals surface area contributed by atoms with Crippen molar-refractivity contribution >= 4 is 22.6 Å². The van der Waals surface area contributed by atoms with Gasteiger partial charge in [0.25, 0.3) is 0 Å². The topological polar surface area (TPSA) is 12.0 Å². The first kappa shape index (κ1) is 8.25. The Balaban J connectivity index is 3.01. The lowest BCUT2D eigenvalue weighted by Crippen LogP contribution is -2.22. The van der Waals surface area contributed by atoms with E-state index >= 15 is 0 Å². The van der Waals surface area contributed by atoms with E-state index in [1.54, 1.807) is 0 Å². The first-order valence-electron chi connectivity index (χ1n) is 2.59. The van der Waals surface area contributed by atoms with Crippen LogP contribution >= 0.6 is 22.6 Å². The van der Waals surface area contributed by atoms with Crippen LogP contribution in [0.5, 0.6) is 0 Å². The van der Waals surface area contributed by atoms with Crippen molar-refractivity contribution in [1.82, 2.24) is 5.32 Å². The van der Waals surface area contributed by atoms with Crippen molar-refractivity contribution < 1.29 is 0 Å². The van der Waals surface area contributed by atoms with Gasteiger partial charge in [-0.3, -0.25) is 0 Å². The molecule has 0 unspecified atom stereocenters. The van der Waals surface area contributed by atoms with Crippen molar-refractivity contribution in [1.29, 1.82) is 0 Å². The summed E-state index contributed by atoms with van der Waals surface area (Å²) < 4.78 is 2.78. The second kappa shape index (κ2) is 5.39. The summed E-state index contributed by atoms with van der Waals surface area (Å²) in [6.07, 6.45) is 0. The fraction of sp³-hybridized carbons (Fsp3) is 0.667. The molecule has 0 saturated carbocycles. The lowest BCUT2D eigenvalue weighted by Gasteiger charge is -2.00. The molecule has 46 valence electrons. The van der Waals surface area contributed by atoms with Crippen molar-refractivity contribution in [2.75, 3.05) is 6.54 Å². The molecule has 1 nitrogen and oxygen atoms in total. The molecule has 1 N–H and O–H groups in total. The van der Waals surface area contributed by atoms with Gasteiger partial charge >= 0.3 is 0 Å². The number of hydrogen-bond acceptors (Lipinski definition) is 1. The highest BCUT2D eigenvalue weighted by atomic mass is 127. The molecule has 0 aliphatic rings. The number of halogens is 1. The molecular formula is C6H10IN. The van der Waals surface area contributed by atoms with Gasteiger partial charge in [0.15, 0.2) is 0 Å². The van der Waals surface area contributed by atoms with Gasteiger partial charge < -0.3 is 5.32 Å². The molecule has 8 heavy (non-hydrogen) atoms. The van der Waals surface area contributed by atoms with E-state index in [2.05, 4.69) is 29.0 Å². The zero-order valence-electron chi connectivity index (χ0n) is 5.16. The van der Waals surface area contributed by atoms with Crippen LogP contribution in [0.3, 0.4) is 0 Å². The van der Waals surface area contributed by atoms with Crippen molar-refractivity contribution in [3.05, 3.63) is 0 Å². The average molecular weight is 223 g/mol. The molecule has 0 radical (unpaired) electrons. The van der Waals surface area contributed by atoms with Crippen LogP contribution < -0.4 is 5.32 Å². The second-order valence-electron chi connectivity index (χ2n) is 1.81. The Morgan fingerprint density at radius 3 is 2.62 bits per heavy atom. The van der Waals surface area contributed by atoms with Gasteiger partial charge in [0, 0.05) is 28.6 Å². The monoisotopic (exact) mass is 223 g/mol. The van der Waals surface area contributed by atoms with E-state index in [9.17, 15) is 0 Å². The summed E-state index contributed by atoms with van der Waals surface area (Å²) in [6.45, 7) is 5.02. The Hall–Kier alpha value is 0.250. The van der Waals surface area contributed by atoms with Crippen molar-refractivity contribution in [2.24, 2.45) is 0 Å². The predicted octanol–water partition coefficient (Wildman–Crippen LogP) is 1.38. The van der Waals surface area contributed by atoms with Crippen LogP contribution in [0.25, 0.3) is 0 Å². The fourth-order valence-electron chi connectivity index (χ4n) is 0.289. The molecule has 0 spiro atoms. The third-order valence-electron chi connectivity index (χ3n) is 0.666. The SMILES string of the molecule is CC(C)NCC#CI. The van der Waals surface area contributed by atoms with Crippen LogP contribution in [0.2, 0.25) is 0 Å². The molecule has 0 aromatic heterocycles. The zero-order chi connectivity index (χ0) is 6.41. The lowest BCUT2D eigenvalue weighted by molar-refractivity contribution is 0.639. The van der Waals surface area contributed by atoms with Crippen LogP contribution in [0.1, 0.15) is 13.8 Å². The zero-order valence-corrected chi connectivity index (χ0v) is 7.32. The van der Waals surface area contributed by atoms with Gasteiger partial charge in [0.1, 0.15) is 0 Å². The molecule has 0 fully saturated rings. The van der Waals surface area contributed by atoms with E-state index in [4.69, 9.17) is 0 Å². The minimum atomic E-state index is 0.548. The summed E-state index contributed by atoms with van der Waals surface area (Å²) in [5.74, 6) is 2.91. The van der Waals surface area contributed by atoms with Gasteiger partial charge in [0.05, 0.1) is 6.54 Å². The molecule has 0 aliphatic heterocycles. The van der Waals surface area contributed by atoms with Gasteiger partial charge in [-0.1, -0.05) is 5.92 Å². The number of nitrogens with one attached hydrogen (secondary N) is 1. The highest BCUT2D eigenvalue weighted by molar-refractivity contribution is 14.1. The normalized spacial score (nSPS) is 8.50. The van der Waals surface area contributed by atoms with Gasteiger partial charge in [-0.15, -0.1) is 0 Å². The largest absolute Gasteiger partial charge is 0.304 e. The summed E-state index contributed by atoms with van der Waals surface area (Å²) in [4.78, 5) is 0. The van der Waals surface area contributed by atoms with Gasteiger partial charge in [-0.25, -0.2) is 0 Å². The summed E-state index contributed by atoms with van der Waals surface area (Å²) in [5.41, 5.74) is 0. The maximum absolute atomic E-state index is 3.17. The third kappa shape index (κ3) is 6.25. The predicted molar refractivity (Wildman–Crippen MR) is 44.9 cm³/mol. The Morgan fingerprint density at radius 1 is 1.62 bits per heavy atom. The van der Waals surface area contributed by atoms with Crippen LogP contribution in [0.4, 0.5) is 0 Å². The Labute approximate surface area is 64.4 Å². The van der Waals surface area contributed by atoms with E-state index in [0.29, 0.717) is 6.04 Å². The van der Waals surface area contributed by atoms with E-state index in [1.807, 2.05) is 22.6 Å². The van der Waals surface area contributed by atoms with Crippen LogP contribution in [0.15, 0.2) is 0 Å². The smallest absolute Gasteiger partial charge is 0.0586 e. The maximum atomic E-state index is 3.17. The molecule has 0 bridgehead atoms. The second-order valence-corrected chi connectivity index (χ2v) is 2.35. The first-order valence-corrected chi connectivity index (χ1v) is 3.67. The minimum Gasteiger partial charge on any atom is -0.304 e. The molecule has 0 saturated heterocycles. The highest BCUT2D eigenvalue weighted by Crippen LogP contribution is 1.74. The molecule has 2 heteroatoms. The van der Waals surface area contributed by atoms with Crippen LogP contribution in [-0.2, 0) is 0 Å². The molecule has 0 amide bonds. The summed E-state index contributed by atoms with van der Waals surface area (Å²) in [5, 5.41) is 3.17. The van der Waals surface area contributed by atoms with Crippen LogP contribution in [0, 0.1) is 9.85 Å². The summed E-state index contributed by atoms with van der Waals surface area (Å²) in [7, 11) is 0. The third-order valence-corrected chi connectivity index (χ3v) is 1.05. The molecular weight excluding hydrogens is 213 g/mol. The number of hydrogen-bond donors (Lipinski definition) is 1. The van der Waals surface area contributed by atoms with E-state index in [-0.39, 0.29) is 0 Å². The molecule has 0 aromatic carbocycles. The molecule has 0 atom stereocenters. The number of rotatable bonds is 2. The van der Waals surface area contributed by atoms with Gasteiger partial charge in [0.2, 0.25) is 0 Å². The molecule has 0 heterocycles. The van der Waals surface area contributed by atoms with Crippen molar-refractivity contribution in [3.63, 3.8) is 0 Å². The Kier molecular flexibility index (Phi) is 5.56. The van der Waals surface area contributed by atoms with E-state index in [0.717, 1.165) is 6.54 Å². The maximum Gasteiger partial charge on any atom is 0.0586 e. The summed E-state index contributed by atoms with van der Waals surface area (Å²) >= 11 is 2.03. The van der Waals surface area contributed by atoms with Crippen LogP contribution in [-0.4, -0.2) is 12.6 Å². The van der Waals surface area contributed by atoms with Crippen molar-refractivity contribution in [3.8, 4) is 9.85 Å². The lowest BCUT2D eigenvalue weighted by atomic mass is 10.4. The quantitative estimate of drug-likeness (QED) is 0.550. The van der Waals surface area contributed by atoms with E-state index in [1.165, 1.54) is 0 Å². The molecule has 0 aromatic rings.